The first-order chi connectivity index (χ1) is 23.6. The third-order valence-corrected chi connectivity index (χ3v) is 11.5. The lowest BCUT2D eigenvalue weighted by atomic mass is 9.86. The average molecular weight is 625 g/mol. The van der Waals surface area contributed by atoms with E-state index in [1.807, 2.05) is 72.8 Å². The summed E-state index contributed by atoms with van der Waals surface area (Å²) in [7, 11) is 0. The van der Waals surface area contributed by atoms with Crippen molar-refractivity contribution in [2.45, 2.75) is 34.7 Å². The van der Waals surface area contributed by atoms with Crippen molar-refractivity contribution in [1.82, 2.24) is 0 Å². The van der Waals surface area contributed by atoms with E-state index in [1.54, 1.807) is 0 Å². The number of hydrogen-bond donors (Lipinski definition) is 0. The quantitative estimate of drug-likeness (QED) is 0.176. The molecule has 0 saturated heterocycles. The van der Waals surface area contributed by atoms with Crippen molar-refractivity contribution in [3.05, 3.63) is 212 Å². The topological polar surface area (TPSA) is 55.4 Å². The molecule has 6 heterocycles. The van der Waals surface area contributed by atoms with Crippen LogP contribution in [0, 0.1) is 0 Å². The second-order valence-corrected chi connectivity index (χ2v) is 13.6. The molecule has 228 valence electrons. The van der Waals surface area contributed by atoms with Crippen LogP contribution in [0.5, 0.6) is 0 Å². The minimum Gasteiger partial charge on any atom is -0.301 e. The molecule has 7 aliphatic rings. The third-order valence-electron chi connectivity index (χ3n) is 11.5. The maximum absolute atomic E-state index is 7.55. The highest BCUT2D eigenvalue weighted by Crippen LogP contribution is 2.75. The van der Waals surface area contributed by atoms with Gasteiger partial charge in [-0.15, -0.1) is 0 Å². The summed E-state index contributed by atoms with van der Waals surface area (Å²) in [6, 6.07) is 49.3. The van der Waals surface area contributed by atoms with E-state index in [0.717, 1.165) is 66.8 Å². The van der Waals surface area contributed by atoms with Crippen LogP contribution in [0.3, 0.4) is 0 Å². The molecule has 6 spiro atoms. The van der Waals surface area contributed by atoms with Crippen LogP contribution in [-0.4, -0.2) is 0 Å². The normalized spacial score (nSPS) is 35.5. The van der Waals surface area contributed by atoms with Gasteiger partial charge >= 0.3 is 0 Å². The number of benzene rings is 6. The van der Waals surface area contributed by atoms with E-state index in [2.05, 4.69) is 72.8 Å². The van der Waals surface area contributed by atoms with Gasteiger partial charge in [-0.25, -0.2) is 0 Å². The Morgan fingerprint density at radius 1 is 0.188 bits per heavy atom. The smallest absolute Gasteiger partial charge is 0.229 e. The molecule has 0 fully saturated rings. The summed E-state index contributed by atoms with van der Waals surface area (Å²) in [4.78, 5) is 0. The molecule has 0 N–H and O–H groups in total. The Balaban J connectivity index is 1.26. The molecule has 6 aromatic carbocycles. The van der Waals surface area contributed by atoms with Gasteiger partial charge in [-0.05, 0) is 0 Å². The fourth-order valence-corrected chi connectivity index (χ4v) is 9.87. The lowest BCUT2D eigenvalue weighted by Crippen LogP contribution is -2.43. The van der Waals surface area contributed by atoms with Crippen LogP contribution in [0.15, 0.2) is 146 Å². The van der Waals surface area contributed by atoms with Crippen molar-refractivity contribution in [3.63, 3.8) is 0 Å². The van der Waals surface area contributed by atoms with Crippen molar-refractivity contribution < 1.29 is 28.4 Å². The Morgan fingerprint density at radius 3 is 0.396 bits per heavy atom. The van der Waals surface area contributed by atoms with Gasteiger partial charge in [0.2, 0.25) is 34.7 Å². The predicted octanol–water partition coefficient (Wildman–Crippen LogP) is 7.39. The van der Waals surface area contributed by atoms with Crippen LogP contribution in [0.2, 0.25) is 0 Å². The summed E-state index contributed by atoms with van der Waals surface area (Å²) in [5.41, 5.74) is 10.3. The zero-order valence-corrected chi connectivity index (χ0v) is 25.3. The Labute approximate surface area is 275 Å². The predicted molar refractivity (Wildman–Crippen MR) is 170 cm³/mol. The van der Waals surface area contributed by atoms with Crippen molar-refractivity contribution >= 4 is 0 Å². The van der Waals surface area contributed by atoms with Crippen LogP contribution in [0.1, 0.15) is 66.8 Å². The first-order valence-corrected chi connectivity index (χ1v) is 16.4. The van der Waals surface area contributed by atoms with E-state index in [0.29, 0.717) is 0 Å². The lowest BCUT2D eigenvalue weighted by Gasteiger charge is -2.38. The summed E-state index contributed by atoms with van der Waals surface area (Å²) in [5, 5.41) is 0. The molecule has 1 aliphatic carbocycles. The van der Waals surface area contributed by atoms with Gasteiger partial charge in [0, 0.05) is 66.8 Å². The van der Waals surface area contributed by atoms with E-state index in [9.17, 15) is 0 Å². The zero-order chi connectivity index (χ0) is 31.1. The Hall–Kier alpha value is -4.92. The molecule has 13 rings (SSSR count). The van der Waals surface area contributed by atoms with Crippen LogP contribution in [0.25, 0.3) is 0 Å². The standard InChI is InChI=1S/C42H24O6/c1-2-14-26-25(13-1)37-27-15-3-4-16-28(27)39(44-37)31-19-7-8-20-32(31)41(46-39)35-23-11-12-24-36(35)42(48-41)34-22-10-9-21-33(34)40(47-42)30-18-6-5-17-29(30)38(26,43-37)45-40/h1-24H. The molecular weight excluding hydrogens is 600 g/mol. The van der Waals surface area contributed by atoms with Crippen molar-refractivity contribution in [3.8, 4) is 0 Å². The summed E-state index contributed by atoms with van der Waals surface area (Å²) in [6.45, 7) is 0. The monoisotopic (exact) mass is 624 g/mol. The minimum absolute atomic E-state index is 0.856. The first-order valence-electron chi connectivity index (χ1n) is 16.4. The maximum atomic E-state index is 7.55. The van der Waals surface area contributed by atoms with Crippen LogP contribution in [0.4, 0.5) is 0 Å². The molecule has 6 heteroatoms. The fourth-order valence-electron chi connectivity index (χ4n) is 9.87. The molecule has 0 unspecified atom stereocenters. The van der Waals surface area contributed by atoms with Crippen molar-refractivity contribution in [2.75, 3.05) is 0 Å². The molecule has 6 nitrogen and oxygen atoms in total. The fraction of sp³-hybridized carbons (Fsp3) is 0.143. The van der Waals surface area contributed by atoms with Crippen LogP contribution < -0.4 is 0 Å². The molecule has 6 aliphatic heterocycles. The van der Waals surface area contributed by atoms with Gasteiger partial charge < -0.3 is 28.4 Å². The molecular formula is C42H24O6. The van der Waals surface area contributed by atoms with Crippen molar-refractivity contribution in [1.29, 1.82) is 0 Å². The van der Waals surface area contributed by atoms with Gasteiger partial charge in [0.15, 0.2) is 0 Å². The lowest BCUT2D eigenvalue weighted by molar-refractivity contribution is -0.453. The number of hydrogen-bond acceptors (Lipinski definition) is 6. The van der Waals surface area contributed by atoms with E-state index in [4.69, 9.17) is 28.4 Å². The SMILES string of the molecule is c1ccc2c(c1)C13OC24OC2(OC5(OC6(OC(O1)(c1ccccc13)c1ccccc16)c1ccccc15)c1ccccc12)c1ccccc14. The van der Waals surface area contributed by atoms with Gasteiger partial charge in [0.1, 0.15) is 0 Å². The zero-order valence-electron chi connectivity index (χ0n) is 25.3. The molecule has 0 aromatic heterocycles. The second-order valence-electron chi connectivity index (χ2n) is 13.6. The molecule has 6 bridgehead atoms. The molecule has 0 atom stereocenters. The van der Waals surface area contributed by atoms with Gasteiger partial charge in [-0.3, -0.25) is 0 Å². The third kappa shape index (κ3) is 2.31. The number of ether oxygens (including phenoxy) is 6. The van der Waals surface area contributed by atoms with E-state index in [-0.39, 0.29) is 0 Å². The van der Waals surface area contributed by atoms with Crippen molar-refractivity contribution in [2.24, 2.45) is 0 Å². The Bertz CT molecular complexity index is 1870. The largest absolute Gasteiger partial charge is 0.301 e. The highest BCUT2D eigenvalue weighted by atomic mass is 16.9. The first kappa shape index (κ1) is 25.1. The highest BCUT2D eigenvalue weighted by molar-refractivity contribution is 5.65. The molecule has 6 aromatic rings. The average Bonchev–Trinajstić information content (AvgIpc) is 3.92. The van der Waals surface area contributed by atoms with Gasteiger partial charge in [-0.2, -0.15) is 0 Å². The molecule has 0 saturated carbocycles. The highest BCUT2D eigenvalue weighted by Gasteiger charge is 2.78. The Kier molecular flexibility index (Phi) is 3.95. The van der Waals surface area contributed by atoms with Crippen LogP contribution in [-0.2, 0) is 63.1 Å². The van der Waals surface area contributed by atoms with E-state index in [1.165, 1.54) is 0 Å². The molecule has 0 amide bonds. The van der Waals surface area contributed by atoms with Gasteiger partial charge in [-0.1, -0.05) is 146 Å². The Morgan fingerprint density at radius 2 is 0.292 bits per heavy atom. The summed E-state index contributed by atoms with van der Waals surface area (Å²) in [6.07, 6.45) is 0. The molecule has 48 heavy (non-hydrogen) atoms. The summed E-state index contributed by atoms with van der Waals surface area (Å²) in [5.74, 6) is -8.35. The second kappa shape index (κ2) is 7.53. The van der Waals surface area contributed by atoms with E-state index >= 15 is 0 Å². The summed E-state index contributed by atoms with van der Waals surface area (Å²) < 4.78 is 45.3. The maximum Gasteiger partial charge on any atom is 0.229 e. The van der Waals surface area contributed by atoms with Gasteiger partial charge in [0.25, 0.3) is 0 Å². The van der Waals surface area contributed by atoms with Gasteiger partial charge in [0.05, 0.1) is 0 Å². The van der Waals surface area contributed by atoms with Crippen LogP contribution >= 0.6 is 0 Å². The summed E-state index contributed by atoms with van der Waals surface area (Å²) >= 11 is 0. The minimum atomic E-state index is -1.39. The van der Waals surface area contributed by atoms with E-state index < -0.39 is 34.7 Å². The number of rotatable bonds is 0. The molecule has 0 radical (unpaired) electrons.